The van der Waals surface area contributed by atoms with E-state index < -0.39 is 0 Å². The second-order valence-corrected chi connectivity index (χ2v) is 7.65. The predicted molar refractivity (Wildman–Crippen MR) is 123 cm³/mol. The molecule has 10 heteroatoms. The van der Waals surface area contributed by atoms with Crippen LogP contribution in [0.3, 0.4) is 0 Å². The third kappa shape index (κ3) is 4.09. The Morgan fingerprint density at radius 3 is 2.34 bits per heavy atom. The van der Waals surface area contributed by atoms with E-state index in [9.17, 15) is 4.79 Å². The van der Waals surface area contributed by atoms with Crippen molar-refractivity contribution in [3.8, 4) is 23.0 Å². The number of benzene rings is 2. The number of anilines is 1. The van der Waals surface area contributed by atoms with E-state index >= 15 is 0 Å². The molecule has 166 valence electrons. The van der Waals surface area contributed by atoms with Gasteiger partial charge in [-0.25, -0.2) is 9.97 Å². The molecule has 2 aromatic carbocycles. The molecule has 9 nitrogen and oxygen atoms in total. The maximum Gasteiger partial charge on any atom is 0.234 e. The number of nitrogens with one attached hydrogen (secondary N) is 2. The molecule has 0 saturated carbocycles. The Kier molecular flexibility index (Phi) is 6.22. The zero-order chi connectivity index (χ0) is 22.7. The number of nitrogens with zero attached hydrogens (tertiary/aromatic N) is 2. The topological polar surface area (TPSA) is 108 Å². The zero-order valence-corrected chi connectivity index (χ0v) is 18.8. The third-order valence-electron chi connectivity index (χ3n) is 4.86. The lowest BCUT2D eigenvalue weighted by atomic mass is 10.2. The predicted octanol–water partition coefficient (Wildman–Crippen LogP) is 3.88. The third-order valence-corrected chi connectivity index (χ3v) is 5.85. The maximum atomic E-state index is 12.5. The van der Waals surface area contributed by atoms with Gasteiger partial charge in [-0.3, -0.25) is 4.79 Å². The number of amides is 1. The van der Waals surface area contributed by atoms with Gasteiger partial charge in [-0.05, 0) is 18.2 Å². The van der Waals surface area contributed by atoms with E-state index in [1.807, 2.05) is 12.1 Å². The van der Waals surface area contributed by atoms with Gasteiger partial charge in [0.2, 0.25) is 5.91 Å². The average Bonchev–Trinajstić information content (AvgIpc) is 3.19. The van der Waals surface area contributed by atoms with Crippen molar-refractivity contribution in [2.45, 2.75) is 5.03 Å². The van der Waals surface area contributed by atoms with Crippen LogP contribution in [0.25, 0.3) is 21.9 Å². The molecule has 0 aliphatic carbocycles. The Morgan fingerprint density at radius 2 is 1.62 bits per heavy atom. The highest BCUT2D eigenvalue weighted by Crippen LogP contribution is 2.37. The lowest BCUT2D eigenvalue weighted by Crippen LogP contribution is -2.14. The van der Waals surface area contributed by atoms with Crippen molar-refractivity contribution in [1.29, 1.82) is 0 Å². The summed E-state index contributed by atoms with van der Waals surface area (Å²) in [6.45, 7) is 0. The molecule has 0 aliphatic rings. The lowest BCUT2D eigenvalue weighted by molar-refractivity contribution is -0.113. The fraction of sp³-hybridized carbons (Fsp3) is 0.227. The average molecular weight is 455 g/mol. The normalized spacial score (nSPS) is 10.9. The maximum absolute atomic E-state index is 12.5. The molecule has 2 aromatic heterocycles. The Bertz CT molecular complexity index is 1290. The van der Waals surface area contributed by atoms with Gasteiger partial charge in [0.05, 0.1) is 45.2 Å². The first-order chi connectivity index (χ1) is 15.6. The Balaban J connectivity index is 1.55. The summed E-state index contributed by atoms with van der Waals surface area (Å²) in [7, 11) is 6.28. The van der Waals surface area contributed by atoms with Crippen molar-refractivity contribution in [2.24, 2.45) is 0 Å². The lowest BCUT2D eigenvalue weighted by Gasteiger charge is -2.10. The highest BCUT2D eigenvalue weighted by molar-refractivity contribution is 8.00. The molecule has 4 aromatic rings. The number of fused-ring (bicyclic) bond motifs is 3. The summed E-state index contributed by atoms with van der Waals surface area (Å²) in [4.78, 5) is 24.6. The summed E-state index contributed by atoms with van der Waals surface area (Å²) in [5.74, 6) is 2.36. The summed E-state index contributed by atoms with van der Waals surface area (Å²) in [6, 6.07) is 8.93. The number of hydrogen-bond acceptors (Lipinski definition) is 8. The van der Waals surface area contributed by atoms with E-state index in [1.54, 1.807) is 46.6 Å². The van der Waals surface area contributed by atoms with Gasteiger partial charge < -0.3 is 29.2 Å². The number of H-pyrrole nitrogens is 1. The molecule has 4 rings (SSSR count). The summed E-state index contributed by atoms with van der Waals surface area (Å²) in [6.07, 6.45) is 1.49. The molecule has 0 spiro atoms. The van der Waals surface area contributed by atoms with Crippen molar-refractivity contribution in [1.82, 2.24) is 15.0 Å². The molecule has 0 atom stereocenters. The van der Waals surface area contributed by atoms with Crippen molar-refractivity contribution in [2.75, 3.05) is 39.5 Å². The number of carbonyl (C=O) groups is 1. The van der Waals surface area contributed by atoms with Gasteiger partial charge in [0.25, 0.3) is 0 Å². The molecule has 2 heterocycles. The summed E-state index contributed by atoms with van der Waals surface area (Å²) < 4.78 is 21.3. The van der Waals surface area contributed by atoms with Crippen molar-refractivity contribution in [3.63, 3.8) is 0 Å². The number of hydrogen-bond donors (Lipinski definition) is 2. The molecule has 1 amide bonds. The van der Waals surface area contributed by atoms with Crippen LogP contribution in [0.15, 0.2) is 41.7 Å². The number of methoxy groups -OCH3 is 4. The number of carbonyl (C=O) groups excluding carboxylic acids is 1. The molecule has 0 saturated heterocycles. The first kappa shape index (κ1) is 21.6. The van der Waals surface area contributed by atoms with Crippen LogP contribution < -0.4 is 24.3 Å². The second kappa shape index (κ2) is 9.23. The van der Waals surface area contributed by atoms with Crippen LogP contribution in [0.1, 0.15) is 0 Å². The first-order valence-corrected chi connectivity index (χ1v) is 10.6. The molecule has 0 fully saturated rings. The van der Waals surface area contributed by atoms with Crippen molar-refractivity contribution >= 4 is 45.3 Å². The van der Waals surface area contributed by atoms with Gasteiger partial charge in [-0.2, -0.15) is 0 Å². The minimum atomic E-state index is -0.173. The van der Waals surface area contributed by atoms with E-state index in [0.717, 1.165) is 21.9 Å². The monoisotopic (exact) mass is 454 g/mol. The molecule has 2 N–H and O–H groups in total. The van der Waals surface area contributed by atoms with E-state index in [2.05, 4.69) is 20.3 Å². The highest BCUT2D eigenvalue weighted by atomic mass is 32.2. The summed E-state index contributed by atoms with van der Waals surface area (Å²) >= 11 is 1.32. The van der Waals surface area contributed by atoms with Crippen LogP contribution in [0.4, 0.5) is 5.69 Å². The molecule has 0 bridgehead atoms. The standard InChI is InChI=1S/C22H22N4O5S/c1-28-15-6-5-12(7-16(15)29-2)25-19(27)10-32-22-21-20(23-11-24-22)13-8-17(30-3)18(31-4)9-14(13)26-21/h5-9,11,26H,10H2,1-4H3,(H,25,27). The number of rotatable bonds is 8. The quantitative estimate of drug-likeness (QED) is 0.305. The van der Waals surface area contributed by atoms with Crippen LogP contribution in [-0.4, -0.2) is 55.1 Å². The van der Waals surface area contributed by atoms with Crippen LogP contribution in [0, 0.1) is 0 Å². The molecule has 0 unspecified atom stereocenters. The number of thioether (sulfide) groups is 1. The molecular formula is C22H22N4O5S. The fourth-order valence-electron chi connectivity index (χ4n) is 3.35. The van der Waals surface area contributed by atoms with Gasteiger partial charge >= 0.3 is 0 Å². The minimum Gasteiger partial charge on any atom is -0.493 e. The molecule has 0 radical (unpaired) electrons. The van der Waals surface area contributed by atoms with E-state index in [-0.39, 0.29) is 11.7 Å². The summed E-state index contributed by atoms with van der Waals surface area (Å²) in [5, 5.41) is 4.42. The molecule has 0 aliphatic heterocycles. The highest BCUT2D eigenvalue weighted by Gasteiger charge is 2.16. The minimum absolute atomic E-state index is 0.169. The van der Waals surface area contributed by atoms with Gasteiger partial charge in [0.15, 0.2) is 23.0 Å². The van der Waals surface area contributed by atoms with E-state index in [4.69, 9.17) is 18.9 Å². The molecular weight excluding hydrogens is 432 g/mol. The van der Waals surface area contributed by atoms with Gasteiger partial charge in [0.1, 0.15) is 16.9 Å². The van der Waals surface area contributed by atoms with Crippen molar-refractivity contribution < 1.29 is 23.7 Å². The summed E-state index contributed by atoms with van der Waals surface area (Å²) in [5.41, 5.74) is 2.96. The number of aromatic amines is 1. The van der Waals surface area contributed by atoms with Gasteiger partial charge in [0, 0.05) is 23.2 Å². The molecule has 32 heavy (non-hydrogen) atoms. The van der Waals surface area contributed by atoms with Crippen LogP contribution >= 0.6 is 11.8 Å². The fourth-order valence-corrected chi connectivity index (χ4v) is 4.11. The van der Waals surface area contributed by atoms with Gasteiger partial charge in [-0.15, -0.1) is 0 Å². The second-order valence-electron chi connectivity index (χ2n) is 6.69. The zero-order valence-electron chi connectivity index (χ0n) is 18.0. The van der Waals surface area contributed by atoms with E-state index in [0.29, 0.717) is 33.7 Å². The van der Waals surface area contributed by atoms with Crippen molar-refractivity contribution in [3.05, 3.63) is 36.7 Å². The smallest absolute Gasteiger partial charge is 0.234 e. The largest absolute Gasteiger partial charge is 0.493 e. The van der Waals surface area contributed by atoms with Crippen LogP contribution in [-0.2, 0) is 4.79 Å². The van der Waals surface area contributed by atoms with E-state index in [1.165, 1.54) is 18.1 Å². The van der Waals surface area contributed by atoms with Gasteiger partial charge in [-0.1, -0.05) is 11.8 Å². The number of aromatic nitrogens is 3. The Hall–Kier alpha value is -3.66. The van der Waals surface area contributed by atoms with Crippen LogP contribution in [0.5, 0.6) is 23.0 Å². The first-order valence-electron chi connectivity index (χ1n) is 9.61. The van der Waals surface area contributed by atoms with Crippen LogP contribution in [0.2, 0.25) is 0 Å². The Labute approximate surface area is 188 Å². The Morgan fingerprint density at radius 1 is 0.938 bits per heavy atom. The number of ether oxygens (including phenoxy) is 4. The SMILES string of the molecule is COc1ccc(NC(=O)CSc2ncnc3c2[nH]c2cc(OC)c(OC)cc23)cc1OC.